The van der Waals surface area contributed by atoms with Gasteiger partial charge in [0, 0.05) is 24.8 Å². The van der Waals surface area contributed by atoms with Crippen LogP contribution in [0.5, 0.6) is 0 Å². The van der Waals surface area contributed by atoms with Gasteiger partial charge in [-0.15, -0.1) is 0 Å². The van der Waals surface area contributed by atoms with E-state index in [1.54, 1.807) is 11.8 Å². The molecule has 0 unspecified atom stereocenters. The van der Waals surface area contributed by atoms with Crippen LogP contribution in [-0.2, 0) is 16.4 Å². The first kappa shape index (κ1) is 23.8. The van der Waals surface area contributed by atoms with Crippen LogP contribution in [0.3, 0.4) is 0 Å². The molecule has 9 nitrogen and oxygen atoms in total. The molecule has 0 spiro atoms. The standard InChI is InChI=1S/C24H21F2N5O4S/c1-24(33)13-30(14-24)22-11-18(9-10-27-22)36(34,35)17-7-5-16(6-8-17)31-23(32)29(15-28-31)12-19-20(25)3-2-4-21(19)26/h2-11,15,33H,12-14H2,1H3. The Hall–Kier alpha value is -3.90. The van der Waals surface area contributed by atoms with Crippen molar-refractivity contribution in [3.05, 3.63) is 94.8 Å². The van der Waals surface area contributed by atoms with E-state index in [9.17, 15) is 27.1 Å². The molecule has 0 aliphatic carbocycles. The number of nitrogens with zero attached hydrogens (tertiary/aromatic N) is 5. The van der Waals surface area contributed by atoms with Gasteiger partial charge in [0.1, 0.15) is 23.8 Å². The van der Waals surface area contributed by atoms with Crippen LogP contribution < -0.4 is 10.6 Å². The van der Waals surface area contributed by atoms with Gasteiger partial charge in [-0.25, -0.2) is 27.0 Å². The third-order valence-corrected chi connectivity index (χ3v) is 7.70. The Kier molecular flexibility index (Phi) is 5.72. The lowest BCUT2D eigenvalue weighted by Crippen LogP contribution is -2.60. The first-order valence-electron chi connectivity index (χ1n) is 10.9. The van der Waals surface area contributed by atoms with E-state index in [0.29, 0.717) is 18.9 Å². The van der Waals surface area contributed by atoms with E-state index in [2.05, 4.69) is 10.1 Å². The van der Waals surface area contributed by atoms with Crippen molar-refractivity contribution in [3.63, 3.8) is 0 Å². The van der Waals surface area contributed by atoms with Crippen molar-refractivity contribution in [2.45, 2.75) is 28.9 Å². The van der Waals surface area contributed by atoms with Crippen LogP contribution in [0.15, 0.2) is 81.7 Å². The van der Waals surface area contributed by atoms with E-state index in [-0.39, 0.29) is 27.6 Å². The molecule has 0 amide bonds. The second kappa shape index (κ2) is 8.64. The molecule has 0 saturated carbocycles. The van der Waals surface area contributed by atoms with Gasteiger partial charge in [-0.3, -0.25) is 4.57 Å². The molecule has 0 radical (unpaired) electrons. The predicted octanol–water partition coefficient (Wildman–Crippen LogP) is 2.16. The number of pyridine rings is 1. The largest absolute Gasteiger partial charge is 0.386 e. The minimum atomic E-state index is -3.89. The van der Waals surface area contributed by atoms with Crippen molar-refractivity contribution in [1.82, 2.24) is 19.3 Å². The number of sulfone groups is 1. The lowest BCUT2D eigenvalue weighted by molar-refractivity contribution is 0.0305. The summed E-state index contributed by atoms with van der Waals surface area (Å²) in [6.45, 7) is 2.05. The van der Waals surface area contributed by atoms with Crippen molar-refractivity contribution in [2.75, 3.05) is 18.0 Å². The predicted molar refractivity (Wildman–Crippen MR) is 126 cm³/mol. The molecule has 12 heteroatoms. The highest BCUT2D eigenvalue weighted by molar-refractivity contribution is 7.91. The minimum Gasteiger partial charge on any atom is -0.386 e. The maximum Gasteiger partial charge on any atom is 0.350 e. The summed E-state index contributed by atoms with van der Waals surface area (Å²) in [5.41, 5.74) is -1.46. The summed E-state index contributed by atoms with van der Waals surface area (Å²) in [5, 5.41) is 13.9. The van der Waals surface area contributed by atoms with E-state index in [1.165, 1.54) is 48.7 Å². The molecule has 3 heterocycles. The highest BCUT2D eigenvalue weighted by Gasteiger charge is 2.37. The first-order chi connectivity index (χ1) is 17.0. The summed E-state index contributed by atoms with van der Waals surface area (Å²) < 4.78 is 56.3. The topological polar surface area (TPSA) is 110 Å². The van der Waals surface area contributed by atoms with Crippen molar-refractivity contribution in [2.24, 2.45) is 0 Å². The van der Waals surface area contributed by atoms with Crippen LogP contribution in [-0.4, -0.2) is 51.5 Å². The Labute approximate surface area is 204 Å². The van der Waals surface area contributed by atoms with Crippen molar-refractivity contribution >= 4 is 15.7 Å². The van der Waals surface area contributed by atoms with Gasteiger partial charge in [-0.05, 0) is 55.5 Å². The summed E-state index contributed by atoms with van der Waals surface area (Å²) in [4.78, 5) is 18.8. The van der Waals surface area contributed by atoms with Crippen LogP contribution in [0.2, 0.25) is 0 Å². The van der Waals surface area contributed by atoms with Gasteiger partial charge in [0.05, 0.1) is 27.6 Å². The second-order valence-corrected chi connectivity index (χ2v) is 10.8. The van der Waals surface area contributed by atoms with Crippen LogP contribution in [0.1, 0.15) is 12.5 Å². The Morgan fingerprint density at radius 1 is 1.03 bits per heavy atom. The van der Waals surface area contributed by atoms with Gasteiger partial charge in [-0.1, -0.05) is 6.07 Å². The smallest absolute Gasteiger partial charge is 0.350 e. The zero-order chi connectivity index (χ0) is 25.7. The van der Waals surface area contributed by atoms with E-state index in [1.807, 2.05) is 0 Å². The fourth-order valence-corrected chi connectivity index (χ4v) is 5.32. The average Bonchev–Trinajstić information content (AvgIpc) is 3.20. The summed E-state index contributed by atoms with van der Waals surface area (Å²) in [5.74, 6) is -1.10. The fraction of sp³-hybridized carbons (Fsp3) is 0.208. The molecule has 4 aromatic rings. The number of anilines is 1. The highest BCUT2D eigenvalue weighted by Crippen LogP contribution is 2.29. The Morgan fingerprint density at radius 2 is 1.69 bits per heavy atom. The molecule has 0 bridgehead atoms. The zero-order valence-corrected chi connectivity index (χ0v) is 19.9. The molecule has 1 saturated heterocycles. The number of hydrogen-bond acceptors (Lipinski definition) is 7. The Bertz CT molecular complexity index is 1590. The number of hydrogen-bond donors (Lipinski definition) is 1. The molecule has 1 aliphatic rings. The number of benzene rings is 2. The number of aromatic nitrogens is 4. The minimum absolute atomic E-state index is 0.0000784. The van der Waals surface area contributed by atoms with E-state index in [4.69, 9.17) is 0 Å². The molecular formula is C24H21F2N5O4S. The molecule has 2 aromatic heterocycles. The quantitative estimate of drug-likeness (QED) is 0.421. The number of halogens is 2. The maximum atomic E-state index is 14.0. The molecule has 1 fully saturated rings. The van der Waals surface area contributed by atoms with Gasteiger partial charge in [-0.2, -0.15) is 9.78 Å². The van der Waals surface area contributed by atoms with Crippen LogP contribution in [0.4, 0.5) is 14.6 Å². The Morgan fingerprint density at radius 3 is 2.33 bits per heavy atom. The average molecular weight is 514 g/mol. The van der Waals surface area contributed by atoms with Crippen LogP contribution in [0, 0.1) is 11.6 Å². The van der Waals surface area contributed by atoms with E-state index in [0.717, 1.165) is 27.7 Å². The fourth-order valence-electron chi connectivity index (χ4n) is 4.05. The van der Waals surface area contributed by atoms with E-state index >= 15 is 0 Å². The molecule has 1 N–H and O–H groups in total. The van der Waals surface area contributed by atoms with Gasteiger partial charge >= 0.3 is 5.69 Å². The summed E-state index contributed by atoms with van der Waals surface area (Å²) in [7, 11) is -3.89. The SMILES string of the molecule is CC1(O)CN(c2cc(S(=O)(=O)c3ccc(-n4ncn(Cc5c(F)cccc5F)c4=O)cc3)ccn2)C1. The highest BCUT2D eigenvalue weighted by atomic mass is 32.2. The molecule has 5 rings (SSSR count). The van der Waals surface area contributed by atoms with Crippen molar-refractivity contribution in [1.29, 1.82) is 0 Å². The van der Waals surface area contributed by atoms with Crippen LogP contribution in [0.25, 0.3) is 5.69 Å². The number of β-amino-alcohol motifs (C(OH)–C–C–N with tert-alkyl or cyclic N) is 1. The third-order valence-electron chi connectivity index (χ3n) is 5.93. The summed E-state index contributed by atoms with van der Waals surface area (Å²) >= 11 is 0. The Balaban J connectivity index is 1.39. The van der Waals surface area contributed by atoms with Gasteiger partial charge in [0.25, 0.3) is 0 Å². The van der Waals surface area contributed by atoms with Crippen LogP contribution >= 0.6 is 0 Å². The number of rotatable bonds is 6. The van der Waals surface area contributed by atoms with E-state index < -0.39 is 32.8 Å². The monoisotopic (exact) mass is 513 g/mol. The molecule has 1 aliphatic heterocycles. The molecule has 0 atom stereocenters. The lowest BCUT2D eigenvalue weighted by Gasteiger charge is -2.44. The summed E-state index contributed by atoms with van der Waals surface area (Å²) in [6.07, 6.45) is 2.55. The second-order valence-electron chi connectivity index (χ2n) is 8.85. The van der Waals surface area contributed by atoms with Crippen molar-refractivity contribution < 1.29 is 22.3 Å². The summed E-state index contributed by atoms with van der Waals surface area (Å²) in [6, 6.07) is 11.8. The van der Waals surface area contributed by atoms with Crippen molar-refractivity contribution in [3.8, 4) is 5.69 Å². The first-order valence-corrected chi connectivity index (χ1v) is 12.4. The molecular weight excluding hydrogens is 492 g/mol. The third kappa shape index (κ3) is 4.29. The lowest BCUT2D eigenvalue weighted by atomic mass is 9.97. The maximum absolute atomic E-state index is 14.0. The van der Waals surface area contributed by atoms with Gasteiger partial charge in [0.15, 0.2) is 0 Å². The molecule has 186 valence electrons. The molecule has 2 aromatic carbocycles. The molecule has 36 heavy (non-hydrogen) atoms. The normalized spacial score (nSPS) is 15.1. The van der Waals surface area contributed by atoms with Gasteiger partial charge in [0.2, 0.25) is 9.84 Å². The van der Waals surface area contributed by atoms with Gasteiger partial charge < -0.3 is 10.0 Å². The zero-order valence-electron chi connectivity index (χ0n) is 19.0. The number of aliphatic hydroxyl groups is 1.